The van der Waals surface area contributed by atoms with Crippen molar-refractivity contribution >= 4 is 39.9 Å². The number of aryl methyl sites for hydroxylation is 1. The first-order valence-corrected chi connectivity index (χ1v) is 15.7. The van der Waals surface area contributed by atoms with Gasteiger partial charge in [0.1, 0.15) is 35.7 Å². The number of aliphatic hydroxyl groups is 1. The van der Waals surface area contributed by atoms with Crippen molar-refractivity contribution in [3.8, 4) is 17.2 Å². The maximum absolute atomic E-state index is 13.8. The number of carbonyl (C=O) groups is 3. The minimum atomic E-state index is -1.11. The first-order chi connectivity index (χ1) is 22.7. The van der Waals surface area contributed by atoms with Crippen LogP contribution in [0.25, 0.3) is 5.76 Å². The average molecular weight is 653 g/mol. The van der Waals surface area contributed by atoms with Crippen LogP contribution in [0.5, 0.6) is 17.2 Å². The molecule has 0 spiro atoms. The van der Waals surface area contributed by atoms with Gasteiger partial charge in [-0.3, -0.25) is 14.5 Å². The molecule has 0 saturated carbocycles. The Morgan fingerprint density at radius 2 is 1.91 bits per heavy atom. The zero-order chi connectivity index (χ0) is 33.2. The van der Waals surface area contributed by atoms with Crippen LogP contribution in [0, 0.1) is 6.92 Å². The van der Waals surface area contributed by atoms with E-state index in [9.17, 15) is 19.5 Å². The Kier molecular flexibility index (Phi) is 8.82. The number of ketones is 1. The molecule has 1 aromatic heterocycles. The number of methoxy groups -OCH3 is 1. The van der Waals surface area contributed by atoms with Crippen LogP contribution in [0.1, 0.15) is 50.6 Å². The SMILES string of the molecule is C=CCOC(=O)c1sc(N2C(=O)C(=O)C(=C(O)c3ccc4c(c3)CC(C)O4)C2c2ccc(OCc3ccccc3)c(OC)c2)nc1C. The van der Waals surface area contributed by atoms with Gasteiger partial charge in [0.05, 0.1) is 24.4 Å². The topological polar surface area (TPSA) is 124 Å². The van der Waals surface area contributed by atoms with Gasteiger partial charge in [0.2, 0.25) is 0 Å². The number of ether oxygens (including phenoxy) is 4. The van der Waals surface area contributed by atoms with E-state index in [0.717, 1.165) is 22.5 Å². The van der Waals surface area contributed by atoms with Gasteiger partial charge in [-0.2, -0.15) is 0 Å². The van der Waals surface area contributed by atoms with Gasteiger partial charge < -0.3 is 24.1 Å². The number of carbonyl (C=O) groups excluding carboxylic acids is 3. The molecule has 2 atom stereocenters. The minimum Gasteiger partial charge on any atom is -0.507 e. The van der Waals surface area contributed by atoms with Crippen LogP contribution in [0.15, 0.2) is 85.0 Å². The lowest BCUT2D eigenvalue weighted by atomic mass is 9.94. The largest absolute Gasteiger partial charge is 0.507 e. The van der Waals surface area contributed by atoms with Gasteiger partial charge in [0, 0.05) is 12.0 Å². The molecule has 1 fully saturated rings. The summed E-state index contributed by atoms with van der Waals surface area (Å²) >= 11 is 0.921. The van der Waals surface area contributed by atoms with Gasteiger partial charge in [-0.25, -0.2) is 9.78 Å². The molecule has 3 aromatic carbocycles. The van der Waals surface area contributed by atoms with Crippen molar-refractivity contribution in [2.24, 2.45) is 0 Å². The highest BCUT2D eigenvalue weighted by Crippen LogP contribution is 2.46. The number of hydrogen-bond acceptors (Lipinski definition) is 10. The minimum absolute atomic E-state index is 0.000889. The summed E-state index contributed by atoms with van der Waals surface area (Å²) in [5.41, 5.74) is 2.86. The molecular formula is C36H32N2O8S. The van der Waals surface area contributed by atoms with E-state index in [0.29, 0.717) is 47.1 Å². The second-order valence-electron chi connectivity index (χ2n) is 11.1. The van der Waals surface area contributed by atoms with Crippen molar-refractivity contribution in [3.05, 3.63) is 118 Å². The van der Waals surface area contributed by atoms with Crippen LogP contribution < -0.4 is 19.1 Å². The highest BCUT2D eigenvalue weighted by Gasteiger charge is 2.49. The zero-order valence-corrected chi connectivity index (χ0v) is 26.8. The van der Waals surface area contributed by atoms with E-state index in [4.69, 9.17) is 18.9 Å². The smallest absolute Gasteiger partial charge is 0.350 e. The quantitative estimate of drug-likeness (QED) is 0.0688. The molecule has 240 valence electrons. The number of aromatic nitrogens is 1. The lowest BCUT2D eigenvalue weighted by Crippen LogP contribution is -2.29. The van der Waals surface area contributed by atoms with Crippen LogP contribution in [0.4, 0.5) is 5.13 Å². The number of anilines is 1. The number of aliphatic hydroxyl groups excluding tert-OH is 1. The van der Waals surface area contributed by atoms with Crippen molar-refractivity contribution in [1.29, 1.82) is 0 Å². The summed E-state index contributed by atoms with van der Waals surface area (Å²) in [7, 11) is 1.49. The van der Waals surface area contributed by atoms with Gasteiger partial charge >= 0.3 is 11.9 Å². The fraction of sp³-hybridized carbons (Fsp3) is 0.222. The Labute approximate surface area is 275 Å². The highest BCUT2D eigenvalue weighted by molar-refractivity contribution is 7.17. The summed E-state index contributed by atoms with van der Waals surface area (Å²) in [6, 6.07) is 18.7. The summed E-state index contributed by atoms with van der Waals surface area (Å²) in [5, 5.41) is 11.8. The van der Waals surface area contributed by atoms with Crippen LogP contribution in [-0.2, 0) is 27.4 Å². The third-order valence-corrected chi connectivity index (χ3v) is 9.00. The van der Waals surface area contributed by atoms with E-state index in [-0.39, 0.29) is 34.1 Å². The third kappa shape index (κ3) is 6.09. The monoisotopic (exact) mass is 652 g/mol. The van der Waals surface area contributed by atoms with E-state index < -0.39 is 23.7 Å². The molecule has 6 rings (SSSR count). The zero-order valence-electron chi connectivity index (χ0n) is 26.0. The first kappa shape index (κ1) is 31.6. The van der Waals surface area contributed by atoms with Gasteiger partial charge in [0.25, 0.3) is 5.78 Å². The molecule has 0 bridgehead atoms. The van der Waals surface area contributed by atoms with E-state index in [1.165, 1.54) is 18.1 Å². The summed E-state index contributed by atoms with van der Waals surface area (Å²) in [6.45, 7) is 7.42. The van der Waals surface area contributed by atoms with E-state index in [1.807, 2.05) is 37.3 Å². The molecule has 2 aliphatic heterocycles. The molecule has 0 aliphatic carbocycles. The second kappa shape index (κ2) is 13.1. The number of benzene rings is 3. The molecule has 11 heteroatoms. The number of hydrogen-bond donors (Lipinski definition) is 1. The van der Waals surface area contributed by atoms with Crippen molar-refractivity contribution in [3.63, 3.8) is 0 Å². The van der Waals surface area contributed by atoms with Crippen molar-refractivity contribution < 1.29 is 38.4 Å². The number of thiazole rings is 1. The predicted octanol–water partition coefficient (Wildman–Crippen LogP) is 6.33. The van der Waals surface area contributed by atoms with Gasteiger partial charge in [-0.15, -0.1) is 0 Å². The molecule has 2 aliphatic rings. The van der Waals surface area contributed by atoms with E-state index in [1.54, 1.807) is 43.3 Å². The Bertz CT molecular complexity index is 1920. The Morgan fingerprint density at radius 1 is 1.13 bits per heavy atom. The number of fused-ring (bicyclic) bond motifs is 1. The Hall–Kier alpha value is -5.42. The summed E-state index contributed by atoms with van der Waals surface area (Å²) in [5.74, 6) is -1.27. The Balaban J connectivity index is 1.45. The van der Waals surface area contributed by atoms with Crippen molar-refractivity contribution in [1.82, 2.24) is 4.98 Å². The fourth-order valence-electron chi connectivity index (χ4n) is 5.65. The molecule has 47 heavy (non-hydrogen) atoms. The van der Waals surface area contributed by atoms with Crippen molar-refractivity contribution in [2.45, 2.75) is 39.0 Å². The summed E-state index contributed by atoms with van der Waals surface area (Å²) in [6.07, 6.45) is 2.06. The first-order valence-electron chi connectivity index (χ1n) is 14.9. The number of Topliss-reactive ketones (excluding diaryl/α,β-unsaturated/α-hetero) is 1. The molecule has 3 heterocycles. The Morgan fingerprint density at radius 3 is 2.66 bits per heavy atom. The van der Waals surface area contributed by atoms with Gasteiger partial charge in [-0.05, 0) is 60.9 Å². The van der Waals surface area contributed by atoms with Crippen LogP contribution in [0.2, 0.25) is 0 Å². The molecule has 10 nitrogen and oxygen atoms in total. The van der Waals surface area contributed by atoms with Crippen LogP contribution in [-0.4, -0.2) is 47.6 Å². The average Bonchev–Trinajstić information content (AvgIpc) is 3.73. The van der Waals surface area contributed by atoms with E-state index >= 15 is 0 Å². The lowest BCUT2D eigenvalue weighted by Gasteiger charge is -2.24. The molecule has 4 aromatic rings. The molecule has 1 saturated heterocycles. The summed E-state index contributed by atoms with van der Waals surface area (Å²) in [4.78, 5) is 46.2. The fourth-order valence-corrected chi connectivity index (χ4v) is 6.64. The second-order valence-corrected chi connectivity index (χ2v) is 12.1. The van der Waals surface area contributed by atoms with Crippen molar-refractivity contribution in [2.75, 3.05) is 18.6 Å². The highest BCUT2D eigenvalue weighted by atomic mass is 32.1. The molecule has 2 unspecified atom stereocenters. The van der Waals surface area contributed by atoms with E-state index in [2.05, 4.69) is 11.6 Å². The maximum Gasteiger partial charge on any atom is 0.350 e. The third-order valence-electron chi connectivity index (χ3n) is 7.86. The predicted molar refractivity (Wildman–Crippen MR) is 176 cm³/mol. The maximum atomic E-state index is 13.8. The van der Waals surface area contributed by atoms with Gasteiger partial charge in [-0.1, -0.05) is 60.4 Å². The number of esters is 1. The lowest BCUT2D eigenvalue weighted by molar-refractivity contribution is -0.132. The van der Waals surface area contributed by atoms with Crippen LogP contribution >= 0.6 is 11.3 Å². The molecule has 1 amide bonds. The molecular weight excluding hydrogens is 620 g/mol. The normalized spacial score (nSPS) is 18.1. The summed E-state index contributed by atoms with van der Waals surface area (Å²) < 4.78 is 22.7. The van der Waals surface area contributed by atoms with Gasteiger partial charge in [0.15, 0.2) is 16.6 Å². The molecule has 1 N–H and O–H groups in total. The number of rotatable bonds is 10. The molecule has 0 radical (unpaired) electrons. The van der Waals surface area contributed by atoms with Crippen LogP contribution in [0.3, 0.4) is 0 Å². The number of amides is 1. The number of nitrogens with zero attached hydrogens (tertiary/aromatic N) is 2. The standard InChI is InChI=1S/C36H32N2O8S/c1-5-15-44-35(42)33-21(3)37-36(47-33)38-30(23-11-14-27(28(18-23)43-4)45-19-22-9-7-6-8-10-22)29(32(40)34(38)41)31(39)24-12-13-26-25(17-24)16-20(2)46-26/h5-14,17-18,20,30,39H,1,15-16,19H2,2-4H3.